The Kier molecular flexibility index (Phi) is 3.17. The number of carbonyl (C=O) groups excluding carboxylic acids is 2. The van der Waals surface area contributed by atoms with Crippen LogP contribution in [-0.4, -0.2) is 47.3 Å². The Bertz CT molecular complexity index is 612. The van der Waals surface area contributed by atoms with E-state index in [1.807, 2.05) is 4.90 Å². The molecule has 1 aromatic rings. The van der Waals surface area contributed by atoms with Crippen LogP contribution in [0.4, 0.5) is 4.39 Å². The molecule has 116 valence electrons. The van der Waals surface area contributed by atoms with Crippen molar-refractivity contribution in [2.24, 2.45) is 5.92 Å². The van der Waals surface area contributed by atoms with Gasteiger partial charge in [0.2, 0.25) is 11.8 Å². The minimum Gasteiger partial charge on any atom is -0.336 e. The fraction of sp³-hybridized carbons (Fsp3) is 0.529. The van der Waals surface area contributed by atoms with Crippen molar-refractivity contribution in [3.63, 3.8) is 0 Å². The standard InChI is InChI=1S/C17H19FN2O2/c18-12-3-1-11(2-4-12)14-9-15(14)17(22)19-7-8-20(13-5-6-13)16(21)10-19/h1-4,13-15H,5-10H2/t14-,15-/m1/s1. The van der Waals surface area contributed by atoms with Gasteiger partial charge in [-0.1, -0.05) is 12.1 Å². The van der Waals surface area contributed by atoms with Gasteiger partial charge in [0.05, 0.1) is 6.54 Å². The van der Waals surface area contributed by atoms with Crippen molar-refractivity contribution in [3.8, 4) is 0 Å². The van der Waals surface area contributed by atoms with Gasteiger partial charge in [-0.15, -0.1) is 0 Å². The van der Waals surface area contributed by atoms with E-state index in [2.05, 4.69) is 0 Å². The van der Waals surface area contributed by atoms with Gasteiger partial charge in [-0.25, -0.2) is 4.39 Å². The molecule has 4 nitrogen and oxygen atoms in total. The molecule has 0 bridgehead atoms. The molecule has 4 rings (SSSR count). The molecule has 0 radical (unpaired) electrons. The minimum atomic E-state index is -0.255. The van der Waals surface area contributed by atoms with Crippen molar-refractivity contribution in [1.82, 2.24) is 9.80 Å². The zero-order valence-corrected chi connectivity index (χ0v) is 12.4. The van der Waals surface area contributed by atoms with E-state index < -0.39 is 0 Å². The van der Waals surface area contributed by atoms with Gasteiger partial charge in [-0.05, 0) is 42.9 Å². The Balaban J connectivity index is 1.37. The van der Waals surface area contributed by atoms with Gasteiger partial charge in [0.25, 0.3) is 0 Å². The van der Waals surface area contributed by atoms with Crippen LogP contribution in [0.3, 0.4) is 0 Å². The van der Waals surface area contributed by atoms with Crippen LogP contribution in [0.25, 0.3) is 0 Å². The van der Waals surface area contributed by atoms with Gasteiger partial charge in [0.15, 0.2) is 0 Å². The molecular formula is C17H19FN2O2. The van der Waals surface area contributed by atoms with E-state index in [1.165, 1.54) is 12.1 Å². The molecule has 2 amide bonds. The highest BCUT2D eigenvalue weighted by atomic mass is 19.1. The summed E-state index contributed by atoms with van der Waals surface area (Å²) in [4.78, 5) is 28.3. The molecular weight excluding hydrogens is 283 g/mol. The summed E-state index contributed by atoms with van der Waals surface area (Å²) in [5.74, 6) is 0.0590. The van der Waals surface area contributed by atoms with E-state index in [0.29, 0.717) is 19.1 Å². The van der Waals surface area contributed by atoms with Crippen molar-refractivity contribution < 1.29 is 14.0 Å². The van der Waals surface area contributed by atoms with Gasteiger partial charge in [0.1, 0.15) is 5.82 Å². The molecule has 0 N–H and O–H groups in total. The Labute approximate surface area is 128 Å². The Morgan fingerprint density at radius 3 is 2.50 bits per heavy atom. The topological polar surface area (TPSA) is 40.6 Å². The van der Waals surface area contributed by atoms with E-state index in [1.54, 1.807) is 17.0 Å². The van der Waals surface area contributed by atoms with Crippen molar-refractivity contribution >= 4 is 11.8 Å². The maximum Gasteiger partial charge on any atom is 0.242 e. The first-order chi connectivity index (χ1) is 10.6. The molecule has 1 heterocycles. The molecule has 1 saturated heterocycles. The molecule has 0 aromatic heterocycles. The summed E-state index contributed by atoms with van der Waals surface area (Å²) in [5.41, 5.74) is 1.02. The molecule has 2 aliphatic carbocycles. The number of benzene rings is 1. The van der Waals surface area contributed by atoms with Crippen LogP contribution in [0.2, 0.25) is 0 Å². The van der Waals surface area contributed by atoms with E-state index in [9.17, 15) is 14.0 Å². The highest BCUT2D eigenvalue weighted by Gasteiger charge is 2.47. The summed E-state index contributed by atoms with van der Waals surface area (Å²) in [6, 6.07) is 6.81. The second-order valence-corrected chi connectivity index (χ2v) is 6.58. The van der Waals surface area contributed by atoms with Crippen LogP contribution >= 0.6 is 0 Å². The fourth-order valence-corrected chi connectivity index (χ4v) is 3.43. The normalized spacial score (nSPS) is 28.0. The summed E-state index contributed by atoms with van der Waals surface area (Å²) in [5, 5.41) is 0. The third-order valence-electron chi connectivity index (χ3n) is 4.96. The third kappa shape index (κ3) is 2.49. The molecule has 0 spiro atoms. The number of hydrogen-bond donors (Lipinski definition) is 0. The van der Waals surface area contributed by atoms with Gasteiger partial charge >= 0.3 is 0 Å². The maximum absolute atomic E-state index is 12.9. The van der Waals surface area contributed by atoms with Crippen molar-refractivity contribution in [1.29, 1.82) is 0 Å². The molecule has 2 atom stereocenters. The number of piperazine rings is 1. The van der Waals surface area contributed by atoms with Crippen LogP contribution in [0, 0.1) is 11.7 Å². The summed E-state index contributed by atoms with van der Waals surface area (Å²) < 4.78 is 12.9. The van der Waals surface area contributed by atoms with Crippen molar-refractivity contribution in [2.45, 2.75) is 31.2 Å². The quantitative estimate of drug-likeness (QED) is 0.854. The van der Waals surface area contributed by atoms with E-state index in [4.69, 9.17) is 0 Å². The van der Waals surface area contributed by atoms with Crippen LogP contribution < -0.4 is 0 Å². The lowest BCUT2D eigenvalue weighted by atomic mass is 10.1. The van der Waals surface area contributed by atoms with Gasteiger partial charge in [-0.3, -0.25) is 9.59 Å². The molecule has 22 heavy (non-hydrogen) atoms. The third-order valence-corrected chi connectivity index (χ3v) is 4.96. The van der Waals surface area contributed by atoms with Crippen molar-refractivity contribution in [2.75, 3.05) is 19.6 Å². The monoisotopic (exact) mass is 302 g/mol. The fourth-order valence-electron chi connectivity index (χ4n) is 3.43. The minimum absolute atomic E-state index is 0.0364. The SMILES string of the molecule is O=C([C@@H]1C[C@@H]1c1ccc(F)cc1)N1CCN(C2CC2)C(=O)C1. The Morgan fingerprint density at radius 1 is 1.14 bits per heavy atom. The predicted octanol–water partition coefficient (Wildman–Crippen LogP) is 1.76. The zero-order valence-electron chi connectivity index (χ0n) is 12.4. The second-order valence-electron chi connectivity index (χ2n) is 6.58. The number of rotatable bonds is 3. The first kappa shape index (κ1) is 13.7. The van der Waals surface area contributed by atoms with Crippen LogP contribution in [-0.2, 0) is 9.59 Å². The molecule has 1 aliphatic heterocycles. The number of carbonyl (C=O) groups is 2. The highest BCUT2D eigenvalue weighted by molar-refractivity contribution is 5.89. The largest absolute Gasteiger partial charge is 0.336 e. The van der Waals surface area contributed by atoms with E-state index in [0.717, 1.165) is 24.8 Å². The van der Waals surface area contributed by atoms with Crippen LogP contribution in [0.1, 0.15) is 30.7 Å². The van der Waals surface area contributed by atoms with Crippen LogP contribution in [0.15, 0.2) is 24.3 Å². The summed E-state index contributed by atoms with van der Waals surface area (Å²) >= 11 is 0. The van der Waals surface area contributed by atoms with Crippen molar-refractivity contribution in [3.05, 3.63) is 35.6 Å². The number of hydrogen-bond acceptors (Lipinski definition) is 2. The first-order valence-electron chi connectivity index (χ1n) is 7.97. The van der Waals surface area contributed by atoms with Gasteiger partial charge in [0, 0.05) is 25.0 Å². The lowest BCUT2D eigenvalue weighted by Gasteiger charge is -2.34. The summed E-state index contributed by atoms with van der Waals surface area (Å²) in [6.07, 6.45) is 3.02. The number of amides is 2. The first-order valence-corrected chi connectivity index (χ1v) is 7.97. The van der Waals surface area contributed by atoms with E-state index >= 15 is 0 Å². The Morgan fingerprint density at radius 2 is 1.86 bits per heavy atom. The second kappa shape index (κ2) is 5.07. The average Bonchev–Trinajstić information content (AvgIpc) is 3.40. The lowest BCUT2D eigenvalue weighted by Crippen LogP contribution is -2.53. The summed E-state index contributed by atoms with van der Waals surface area (Å²) in [6.45, 7) is 1.54. The number of halogens is 1. The lowest BCUT2D eigenvalue weighted by molar-refractivity contribution is -0.146. The predicted molar refractivity (Wildman–Crippen MR) is 78.6 cm³/mol. The number of nitrogens with zero attached hydrogens (tertiary/aromatic N) is 2. The molecule has 1 aromatic carbocycles. The van der Waals surface area contributed by atoms with Gasteiger partial charge in [-0.2, -0.15) is 0 Å². The average molecular weight is 302 g/mol. The zero-order chi connectivity index (χ0) is 15.3. The Hall–Kier alpha value is -1.91. The van der Waals surface area contributed by atoms with Gasteiger partial charge < -0.3 is 9.80 Å². The molecule has 5 heteroatoms. The molecule has 3 fully saturated rings. The summed E-state index contributed by atoms with van der Waals surface area (Å²) in [7, 11) is 0. The maximum atomic E-state index is 12.9. The molecule has 2 saturated carbocycles. The molecule has 3 aliphatic rings. The molecule has 0 unspecified atom stereocenters. The highest BCUT2D eigenvalue weighted by Crippen LogP contribution is 2.48. The smallest absolute Gasteiger partial charge is 0.242 e. The van der Waals surface area contributed by atoms with E-state index in [-0.39, 0.29) is 36.0 Å². The van der Waals surface area contributed by atoms with Crippen LogP contribution in [0.5, 0.6) is 0 Å².